The van der Waals surface area contributed by atoms with Gasteiger partial charge in [0.2, 0.25) is 0 Å². The smallest absolute Gasteiger partial charge is 0.343 e. The second kappa shape index (κ2) is 8.83. The van der Waals surface area contributed by atoms with E-state index in [4.69, 9.17) is 31.2 Å². The van der Waals surface area contributed by atoms with Crippen molar-refractivity contribution in [2.45, 2.75) is 0 Å². The van der Waals surface area contributed by atoms with Crippen LogP contribution in [0.25, 0.3) is 0 Å². The first-order valence-corrected chi connectivity index (χ1v) is 8.94. The highest BCUT2D eigenvalue weighted by Gasteiger charge is 2.20. The fourth-order valence-electron chi connectivity index (χ4n) is 2.75. The highest BCUT2D eigenvalue weighted by atomic mass is 32.1. The number of thiocarbonyl (C=S) groups is 1. The molecular weight excluding hydrogens is 366 g/mol. The second-order valence-corrected chi connectivity index (χ2v) is 6.28. The Kier molecular flexibility index (Phi) is 6.26. The molecule has 142 valence electrons. The van der Waals surface area contributed by atoms with E-state index in [1.807, 2.05) is 12.1 Å². The van der Waals surface area contributed by atoms with Crippen molar-refractivity contribution in [3.63, 3.8) is 0 Å². The van der Waals surface area contributed by atoms with Crippen molar-refractivity contribution < 1.29 is 23.7 Å². The molecule has 1 aliphatic rings. The number of ether oxygens (including phenoxy) is 4. The maximum Gasteiger partial charge on any atom is 0.343 e. The number of benzene rings is 2. The number of esters is 1. The lowest BCUT2D eigenvalue weighted by molar-refractivity contribution is 0.0687. The molecule has 0 aromatic heterocycles. The summed E-state index contributed by atoms with van der Waals surface area (Å²) in [5.74, 6) is 0.932. The lowest BCUT2D eigenvalue weighted by atomic mass is 10.1. The van der Waals surface area contributed by atoms with Crippen LogP contribution in [0.5, 0.6) is 17.2 Å². The highest BCUT2D eigenvalue weighted by molar-refractivity contribution is 7.80. The number of hydrogen-bond acceptors (Lipinski definition) is 6. The number of carbonyl (C=O) groups is 1. The largest absolute Gasteiger partial charge is 0.497 e. The van der Waals surface area contributed by atoms with Gasteiger partial charge in [0.15, 0.2) is 0 Å². The lowest BCUT2D eigenvalue weighted by Crippen LogP contribution is -2.40. The van der Waals surface area contributed by atoms with Crippen LogP contribution in [0.15, 0.2) is 42.5 Å². The van der Waals surface area contributed by atoms with Crippen LogP contribution >= 0.6 is 12.2 Å². The molecule has 27 heavy (non-hydrogen) atoms. The summed E-state index contributed by atoms with van der Waals surface area (Å²) in [7, 11) is 3.06. The lowest BCUT2D eigenvalue weighted by Gasteiger charge is -2.29. The van der Waals surface area contributed by atoms with Crippen molar-refractivity contribution in [1.29, 1.82) is 0 Å². The Labute approximate surface area is 163 Å². The summed E-state index contributed by atoms with van der Waals surface area (Å²) in [6.45, 7) is 2.69. The van der Waals surface area contributed by atoms with E-state index in [1.54, 1.807) is 30.3 Å². The topological polar surface area (TPSA) is 57.2 Å². The van der Waals surface area contributed by atoms with Crippen molar-refractivity contribution in [3.8, 4) is 17.2 Å². The minimum atomic E-state index is -0.510. The fourth-order valence-corrected chi connectivity index (χ4v) is 3.10. The molecule has 0 saturated carbocycles. The van der Waals surface area contributed by atoms with Crippen LogP contribution < -0.4 is 14.2 Å². The summed E-state index contributed by atoms with van der Waals surface area (Å²) in [5.41, 5.74) is 1.04. The van der Waals surface area contributed by atoms with Gasteiger partial charge in [0, 0.05) is 19.2 Å². The normalized spacial score (nSPS) is 13.8. The average Bonchev–Trinajstić information content (AvgIpc) is 2.73. The molecule has 7 heteroatoms. The number of methoxy groups -OCH3 is 2. The van der Waals surface area contributed by atoms with Crippen LogP contribution in [0, 0.1) is 0 Å². The number of nitrogens with zero attached hydrogens (tertiary/aromatic N) is 1. The summed E-state index contributed by atoms with van der Waals surface area (Å²) in [5, 5.41) is 0. The molecule has 0 atom stereocenters. The monoisotopic (exact) mass is 387 g/mol. The minimum absolute atomic E-state index is 0.332. The first-order chi connectivity index (χ1) is 13.1. The molecule has 2 aromatic rings. The maximum absolute atomic E-state index is 12.7. The quantitative estimate of drug-likeness (QED) is 0.444. The van der Waals surface area contributed by atoms with E-state index in [-0.39, 0.29) is 0 Å². The van der Waals surface area contributed by atoms with Gasteiger partial charge in [-0.1, -0.05) is 24.4 Å². The van der Waals surface area contributed by atoms with Gasteiger partial charge in [0.1, 0.15) is 22.2 Å². The highest BCUT2D eigenvalue weighted by Crippen LogP contribution is 2.26. The van der Waals surface area contributed by atoms with Gasteiger partial charge in [0.05, 0.1) is 38.6 Å². The van der Waals surface area contributed by atoms with Crippen molar-refractivity contribution in [3.05, 3.63) is 53.6 Å². The van der Waals surface area contributed by atoms with E-state index in [2.05, 4.69) is 4.90 Å². The van der Waals surface area contributed by atoms with Gasteiger partial charge >= 0.3 is 5.97 Å². The predicted octanol–water partition coefficient (Wildman–Crippen LogP) is 2.93. The van der Waals surface area contributed by atoms with Gasteiger partial charge in [-0.3, -0.25) is 0 Å². The van der Waals surface area contributed by atoms with Crippen LogP contribution in [-0.2, 0) is 4.74 Å². The number of morpholine rings is 1. The van der Waals surface area contributed by atoms with E-state index in [0.717, 1.165) is 0 Å². The molecule has 3 rings (SSSR count). The molecule has 0 spiro atoms. The van der Waals surface area contributed by atoms with Crippen molar-refractivity contribution in [1.82, 2.24) is 4.90 Å². The zero-order chi connectivity index (χ0) is 19.2. The van der Waals surface area contributed by atoms with Gasteiger partial charge in [-0.2, -0.15) is 0 Å². The van der Waals surface area contributed by atoms with Crippen LogP contribution in [0.2, 0.25) is 0 Å². The summed E-state index contributed by atoms with van der Waals surface area (Å²) in [4.78, 5) is 15.4. The zero-order valence-electron chi connectivity index (χ0n) is 15.3. The molecule has 0 radical (unpaired) electrons. The maximum atomic E-state index is 12.7. The third kappa shape index (κ3) is 4.56. The van der Waals surface area contributed by atoms with Crippen LogP contribution in [0.3, 0.4) is 0 Å². The molecule has 2 aromatic carbocycles. The molecule has 0 N–H and O–H groups in total. The van der Waals surface area contributed by atoms with Crippen LogP contribution in [0.1, 0.15) is 15.9 Å². The van der Waals surface area contributed by atoms with Crippen molar-refractivity contribution in [2.24, 2.45) is 0 Å². The molecule has 1 heterocycles. The van der Waals surface area contributed by atoms with Crippen molar-refractivity contribution in [2.75, 3.05) is 40.5 Å². The average molecular weight is 387 g/mol. The Morgan fingerprint density at radius 3 is 2.30 bits per heavy atom. The minimum Gasteiger partial charge on any atom is -0.497 e. The Morgan fingerprint density at radius 1 is 1.04 bits per heavy atom. The zero-order valence-corrected chi connectivity index (χ0v) is 16.1. The molecule has 0 aliphatic carbocycles. The number of hydrogen-bond donors (Lipinski definition) is 0. The van der Waals surface area contributed by atoms with Gasteiger partial charge in [-0.05, 0) is 24.3 Å². The Morgan fingerprint density at radius 2 is 1.67 bits per heavy atom. The third-order valence-electron chi connectivity index (χ3n) is 4.21. The molecule has 0 unspecified atom stereocenters. The van der Waals surface area contributed by atoms with E-state index in [9.17, 15) is 4.79 Å². The summed E-state index contributed by atoms with van der Waals surface area (Å²) in [6.07, 6.45) is 0. The summed E-state index contributed by atoms with van der Waals surface area (Å²) in [6, 6.07) is 12.2. The Bertz CT molecular complexity index is 811. The summed E-state index contributed by atoms with van der Waals surface area (Å²) < 4.78 is 21.4. The SMILES string of the molecule is COc1cc(OC)cc(C(=O)Oc2ccccc2C(=S)N2CCOCC2)c1. The molecule has 1 aliphatic heterocycles. The molecule has 6 nitrogen and oxygen atoms in total. The van der Waals surface area contributed by atoms with E-state index in [0.29, 0.717) is 59.7 Å². The van der Waals surface area contributed by atoms with Crippen LogP contribution in [0.4, 0.5) is 0 Å². The van der Waals surface area contributed by atoms with E-state index >= 15 is 0 Å². The first-order valence-electron chi connectivity index (χ1n) is 8.53. The van der Waals surface area contributed by atoms with Gasteiger partial charge in [-0.25, -0.2) is 4.79 Å². The molecule has 0 bridgehead atoms. The Hall–Kier alpha value is -2.64. The standard InChI is InChI=1S/C20H21NO5S/c1-23-15-11-14(12-16(13-15)24-2)20(22)26-18-6-4-3-5-17(18)19(27)21-7-9-25-10-8-21/h3-6,11-13H,7-10H2,1-2H3. The Balaban J connectivity index is 1.83. The molecule has 1 fully saturated rings. The number of rotatable bonds is 5. The van der Waals surface area contributed by atoms with E-state index < -0.39 is 5.97 Å². The molecule has 0 amide bonds. The first kappa shape index (κ1) is 19.1. The molecular formula is C20H21NO5S. The van der Waals surface area contributed by atoms with Gasteiger partial charge in [0.25, 0.3) is 0 Å². The van der Waals surface area contributed by atoms with Crippen molar-refractivity contribution >= 4 is 23.2 Å². The van der Waals surface area contributed by atoms with E-state index in [1.165, 1.54) is 14.2 Å². The van der Waals surface area contributed by atoms with Gasteiger partial charge in [-0.15, -0.1) is 0 Å². The predicted molar refractivity (Wildman–Crippen MR) is 105 cm³/mol. The number of para-hydroxylation sites is 1. The number of carbonyl (C=O) groups excluding carboxylic acids is 1. The second-order valence-electron chi connectivity index (χ2n) is 5.89. The van der Waals surface area contributed by atoms with Crippen LogP contribution in [-0.4, -0.2) is 56.4 Å². The molecule has 1 saturated heterocycles. The third-order valence-corrected chi connectivity index (χ3v) is 4.68. The summed E-state index contributed by atoms with van der Waals surface area (Å²) >= 11 is 5.62. The fraction of sp³-hybridized carbons (Fsp3) is 0.300. The van der Waals surface area contributed by atoms with Gasteiger partial charge < -0.3 is 23.8 Å².